The van der Waals surface area contributed by atoms with E-state index in [0.29, 0.717) is 11.8 Å². The molecule has 2 rings (SSSR count). The Morgan fingerprint density at radius 3 is 1.44 bits per heavy atom. The molecule has 4 nitrogen and oxygen atoms in total. The molecule has 2 aliphatic carbocycles. The van der Waals surface area contributed by atoms with Gasteiger partial charge in [-0.05, 0) is 55.8 Å². The standard InChI is InChI=1S/C11H20O2.C10H18O2.2Ca/c1-2-9-3-5-10(6-4-9)7-8-11(12)13;1-2-8-3-4-9(7-8)5-6-10(11)12;;/h9-10H,2-8H2,1H3,(H,12,13);8-9H,2-7H2,1H3,(H,11,12);;/q;;2*+2/p-2. The van der Waals surface area contributed by atoms with Crippen LogP contribution >= 0.6 is 0 Å². The summed E-state index contributed by atoms with van der Waals surface area (Å²) in [5, 5.41) is 20.4. The molecule has 0 radical (unpaired) electrons. The molecule has 0 aromatic heterocycles. The van der Waals surface area contributed by atoms with Crippen LogP contribution in [0, 0.1) is 23.7 Å². The minimum absolute atomic E-state index is 0. The van der Waals surface area contributed by atoms with E-state index in [4.69, 9.17) is 0 Å². The number of carbonyl (C=O) groups is 2. The minimum atomic E-state index is -0.894. The number of carbonyl (C=O) groups excluding carboxylic acids is 2. The molecule has 27 heavy (non-hydrogen) atoms. The molecule has 2 unspecified atom stereocenters. The molecule has 0 saturated heterocycles. The molecule has 2 saturated carbocycles. The summed E-state index contributed by atoms with van der Waals surface area (Å²) in [6.45, 7) is 4.46. The molecule has 0 aromatic carbocycles. The Kier molecular flexibility index (Phi) is 20.7. The van der Waals surface area contributed by atoms with Gasteiger partial charge in [0, 0.05) is 11.9 Å². The van der Waals surface area contributed by atoms with Crippen LogP contribution in [-0.4, -0.2) is 87.4 Å². The SMILES string of the molecule is CCC1CCC(CCC(=O)[O-])C1.CCC1CCC(CCC(=O)[O-])CC1.[Ca+2].[Ca+2]. The average molecular weight is 433 g/mol. The second-order valence-corrected chi connectivity index (χ2v) is 8.07. The molecule has 6 heteroatoms. The molecular weight excluding hydrogens is 396 g/mol. The second-order valence-electron chi connectivity index (χ2n) is 8.07. The minimum Gasteiger partial charge on any atom is -0.550 e. The quantitative estimate of drug-likeness (QED) is 0.551. The van der Waals surface area contributed by atoms with Gasteiger partial charge in [0.25, 0.3) is 0 Å². The van der Waals surface area contributed by atoms with E-state index in [0.717, 1.165) is 24.7 Å². The van der Waals surface area contributed by atoms with Crippen LogP contribution in [0.15, 0.2) is 0 Å². The molecule has 0 bridgehead atoms. The number of carboxylic acid groups (broad SMARTS) is 2. The van der Waals surface area contributed by atoms with Gasteiger partial charge >= 0.3 is 75.5 Å². The van der Waals surface area contributed by atoms with Crippen LogP contribution < -0.4 is 10.2 Å². The van der Waals surface area contributed by atoms with Crippen LogP contribution in [0.4, 0.5) is 0 Å². The summed E-state index contributed by atoms with van der Waals surface area (Å²) in [6, 6.07) is 0. The molecule has 0 N–H and O–H groups in total. The summed E-state index contributed by atoms with van der Waals surface area (Å²) in [5.41, 5.74) is 0. The molecular formula is C21H36Ca2O4+2. The van der Waals surface area contributed by atoms with Gasteiger partial charge in [0.2, 0.25) is 0 Å². The summed E-state index contributed by atoms with van der Waals surface area (Å²) in [5.74, 6) is 1.29. The number of rotatable bonds is 8. The zero-order valence-electron chi connectivity index (χ0n) is 17.5. The first kappa shape index (κ1) is 30.7. The summed E-state index contributed by atoms with van der Waals surface area (Å²) >= 11 is 0. The van der Waals surface area contributed by atoms with Crippen molar-refractivity contribution in [2.75, 3.05) is 0 Å². The average Bonchev–Trinajstić information content (AvgIpc) is 3.07. The van der Waals surface area contributed by atoms with E-state index in [-0.39, 0.29) is 88.3 Å². The molecule has 0 heterocycles. The summed E-state index contributed by atoms with van der Waals surface area (Å²) in [4.78, 5) is 20.4. The first-order chi connectivity index (χ1) is 11.9. The Labute approximate surface area is 225 Å². The summed E-state index contributed by atoms with van der Waals surface area (Å²) in [7, 11) is 0. The Morgan fingerprint density at radius 1 is 0.667 bits per heavy atom. The largest absolute Gasteiger partial charge is 2.00 e. The number of hydrogen-bond acceptors (Lipinski definition) is 4. The maximum atomic E-state index is 10.3. The fraction of sp³-hybridized carbons (Fsp3) is 0.905. The first-order valence-corrected chi connectivity index (χ1v) is 10.3. The van der Waals surface area contributed by atoms with E-state index in [2.05, 4.69) is 13.8 Å². The predicted octanol–water partition coefficient (Wildman–Crippen LogP) is 2.31. The van der Waals surface area contributed by atoms with Gasteiger partial charge in [0.1, 0.15) is 0 Å². The fourth-order valence-corrected chi connectivity index (χ4v) is 4.38. The molecule has 2 atom stereocenters. The molecule has 2 fully saturated rings. The first-order valence-electron chi connectivity index (χ1n) is 10.3. The zero-order valence-corrected chi connectivity index (χ0v) is 22.0. The van der Waals surface area contributed by atoms with Crippen LogP contribution in [-0.2, 0) is 9.59 Å². The van der Waals surface area contributed by atoms with E-state index >= 15 is 0 Å². The molecule has 146 valence electrons. The topological polar surface area (TPSA) is 80.3 Å². The Bertz CT molecular complexity index is 396. The monoisotopic (exact) mass is 432 g/mol. The van der Waals surface area contributed by atoms with Crippen molar-refractivity contribution in [1.29, 1.82) is 0 Å². The van der Waals surface area contributed by atoms with E-state index in [1.165, 1.54) is 57.8 Å². The van der Waals surface area contributed by atoms with Crippen molar-refractivity contribution in [2.24, 2.45) is 23.7 Å². The van der Waals surface area contributed by atoms with Crippen molar-refractivity contribution < 1.29 is 19.8 Å². The van der Waals surface area contributed by atoms with Gasteiger partial charge in [-0.25, -0.2) is 0 Å². The maximum absolute atomic E-state index is 10.3. The molecule has 0 aliphatic heterocycles. The number of carboxylic acids is 2. The third kappa shape index (κ3) is 15.0. The van der Waals surface area contributed by atoms with Crippen LogP contribution in [0.25, 0.3) is 0 Å². The molecule has 2 aliphatic rings. The van der Waals surface area contributed by atoms with Crippen molar-refractivity contribution in [1.82, 2.24) is 0 Å². The molecule has 0 amide bonds. The third-order valence-corrected chi connectivity index (χ3v) is 6.28. The predicted molar refractivity (Wildman–Crippen MR) is 107 cm³/mol. The number of hydrogen-bond donors (Lipinski definition) is 0. The van der Waals surface area contributed by atoms with E-state index in [1.807, 2.05) is 0 Å². The maximum Gasteiger partial charge on any atom is 2.00 e. The van der Waals surface area contributed by atoms with Crippen molar-refractivity contribution in [3.63, 3.8) is 0 Å². The van der Waals surface area contributed by atoms with Gasteiger partial charge in [-0.1, -0.05) is 65.2 Å². The number of aliphatic carboxylic acids is 2. The molecule has 0 spiro atoms. The van der Waals surface area contributed by atoms with Crippen LogP contribution in [0.3, 0.4) is 0 Å². The van der Waals surface area contributed by atoms with E-state index < -0.39 is 11.9 Å². The van der Waals surface area contributed by atoms with Gasteiger partial charge in [-0.15, -0.1) is 0 Å². The van der Waals surface area contributed by atoms with Gasteiger partial charge in [0.05, 0.1) is 0 Å². The third-order valence-electron chi connectivity index (χ3n) is 6.28. The summed E-state index contributed by atoms with van der Waals surface area (Å²) < 4.78 is 0. The van der Waals surface area contributed by atoms with Crippen LogP contribution in [0.2, 0.25) is 0 Å². The second kappa shape index (κ2) is 18.2. The van der Waals surface area contributed by atoms with Crippen LogP contribution in [0.5, 0.6) is 0 Å². The fourth-order valence-electron chi connectivity index (χ4n) is 4.38. The van der Waals surface area contributed by atoms with Crippen molar-refractivity contribution in [3.8, 4) is 0 Å². The smallest absolute Gasteiger partial charge is 0.550 e. The van der Waals surface area contributed by atoms with Gasteiger partial charge in [-0.3, -0.25) is 0 Å². The van der Waals surface area contributed by atoms with E-state index in [9.17, 15) is 19.8 Å². The van der Waals surface area contributed by atoms with Crippen molar-refractivity contribution >= 4 is 87.4 Å². The van der Waals surface area contributed by atoms with Gasteiger partial charge in [-0.2, -0.15) is 0 Å². The summed E-state index contributed by atoms with van der Waals surface area (Å²) in [6.07, 6.45) is 13.5. The van der Waals surface area contributed by atoms with Crippen molar-refractivity contribution in [3.05, 3.63) is 0 Å². The Hall–Kier alpha value is 1.46. The van der Waals surface area contributed by atoms with E-state index in [1.54, 1.807) is 0 Å². The Balaban J connectivity index is 0. The zero-order chi connectivity index (χ0) is 18.7. The normalized spacial score (nSPS) is 26.7. The van der Waals surface area contributed by atoms with Crippen molar-refractivity contribution in [2.45, 2.75) is 97.3 Å². The Morgan fingerprint density at radius 2 is 1.04 bits per heavy atom. The van der Waals surface area contributed by atoms with Gasteiger partial charge < -0.3 is 19.8 Å². The van der Waals surface area contributed by atoms with Crippen LogP contribution in [0.1, 0.15) is 97.3 Å². The molecule has 0 aromatic rings. The van der Waals surface area contributed by atoms with Gasteiger partial charge in [0.15, 0.2) is 0 Å².